The van der Waals surface area contributed by atoms with Crippen molar-refractivity contribution >= 4 is 5.96 Å². The van der Waals surface area contributed by atoms with Gasteiger partial charge in [0.25, 0.3) is 0 Å². The van der Waals surface area contributed by atoms with Gasteiger partial charge in [-0.15, -0.1) is 0 Å². The normalized spacial score (nSPS) is 12.5. The zero-order valence-corrected chi connectivity index (χ0v) is 13.2. The van der Waals surface area contributed by atoms with E-state index in [9.17, 15) is 13.2 Å². The van der Waals surface area contributed by atoms with Gasteiger partial charge in [-0.25, -0.2) is 0 Å². The van der Waals surface area contributed by atoms with Crippen molar-refractivity contribution in [1.82, 2.24) is 10.6 Å². The number of methoxy groups -OCH3 is 1. The molecule has 0 radical (unpaired) electrons. The highest BCUT2D eigenvalue weighted by molar-refractivity contribution is 5.79. The Morgan fingerprint density at radius 3 is 2.05 bits per heavy atom. The van der Waals surface area contributed by atoms with E-state index in [0.29, 0.717) is 45.3 Å². The first-order chi connectivity index (χ1) is 10.5. The molecule has 9 heteroatoms. The largest absolute Gasteiger partial charge is 0.411 e. The number of guanidine groups is 1. The lowest BCUT2D eigenvalue weighted by Gasteiger charge is -2.12. The van der Waals surface area contributed by atoms with Crippen LogP contribution in [0.3, 0.4) is 0 Å². The molecule has 132 valence electrons. The van der Waals surface area contributed by atoms with E-state index in [2.05, 4.69) is 20.4 Å². The van der Waals surface area contributed by atoms with Crippen LogP contribution in [0.4, 0.5) is 13.2 Å². The molecule has 0 amide bonds. The molecule has 0 saturated heterocycles. The lowest BCUT2D eigenvalue weighted by atomic mass is 10.4. The fourth-order valence-electron chi connectivity index (χ4n) is 1.41. The zero-order valence-electron chi connectivity index (χ0n) is 13.2. The van der Waals surface area contributed by atoms with E-state index in [1.807, 2.05) is 0 Å². The second-order valence-corrected chi connectivity index (χ2v) is 4.41. The first-order valence-electron chi connectivity index (χ1n) is 7.15. The molecule has 0 atom stereocenters. The van der Waals surface area contributed by atoms with Gasteiger partial charge in [-0.1, -0.05) is 0 Å². The maximum absolute atomic E-state index is 11.8. The van der Waals surface area contributed by atoms with Gasteiger partial charge in [0.05, 0.1) is 13.2 Å². The molecule has 0 aromatic heterocycles. The van der Waals surface area contributed by atoms with Crippen LogP contribution in [0.25, 0.3) is 0 Å². The Labute approximate surface area is 129 Å². The van der Waals surface area contributed by atoms with Gasteiger partial charge in [-0.2, -0.15) is 13.2 Å². The maximum atomic E-state index is 11.8. The van der Waals surface area contributed by atoms with Crippen LogP contribution >= 0.6 is 0 Å². The third-order valence-electron chi connectivity index (χ3n) is 2.44. The summed E-state index contributed by atoms with van der Waals surface area (Å²) in [5.74, 6) is 0.604. The Bertz CT molecular complexity index is 289. The Hall–Kier alpha value is -1.06. The van der Waals surface area contributed by atoms with Gasteiger partial charge >= 0.3 is 6.18 Å². The van der Waals surface area contributed by atoms with Crippen LogP contribution in [0, 0.1) is 0 Å². The van der Waals surface area contributed by atoms with Crippen LogP contribution in [0.2, 0.25) is 0 Å². The molecule has 0 aliphatic carbocycles. The molecule has 0 unspecified atom stereocenters. The molecule has 2 N–H and O–H groups in total. The fourth-order valence-corrected chi connectivity index (χ4v) is 1.41. The Morgan fingerprint density at radius 2 is 1.55 bits per heavy atom. The first-order valence-corrected chi connectivity index (χ1v) is 7.15. The maximum Gasteiger partial charge on any atom is 0.411 e. The molecule has 0 bridgehead atoms. The summed E-state index contributed by atoms with van der Waals surface area (Å²) in [6.45, 7) is 1.80. The minimum atomic E-state index is -4.27. The summed E-state index contributed by atoms with van der Waals surface area (Å²) in [4.78, 5) is 4.01. The predicted octanol–water partition coefficient (Wildman–Crippen LogP) is 1.17. The van der Waals surface area contributed by atoms with Gasteiger partial charge in [0.2, 0.25) is 0 Å². The summed E-state index contributed by atoms with van der Waals surface area (Å²) in [6, 6.07) is 0. The molecule has 0 spiro atoms. The number of aliphatic imine (C=N–C) groups is 1. The number of halogens is 3. The van der Waals surface area contributed by atoms with Crippen molar-refractivity contribution in [2.24, 2.45) is 4.99 Å². The summed E-state index contributed by atoms with van der Waals surface area (Å²) in [5, 5.41) is 6.08. The van der Waals surface area contributed by atoms with Crippen molar-refractivity contribution in [1.29, 1.82) is 0 Å². The monoisotopic (exact) mass is 329 g/mol. The van der Waals surface area contributed by atoms with Crippen LogP contribution in [0.5, 0.6) is 0 Å². The lowest BCUT2D eigenvalue weighted by molar-refractivity contribution is -0.173. The van der Waals surface area contributed by atoms with Gasteiger partial charge in [-0.05, 0) is 12.8 Å². The van der Waals surface area contributed by atoms with Crippen LogP contribution in [0.1, 0.15) is 12.8 Å². The highest BCUT2D eigenvalue weighted by Gasteiger charge is 2.27. The van der Waals surface area contributed by atoms with Gasteiger partial charge in [0.15, 0.2) is 5.96 Å². The number of ether oxygens (including phenoxy) is 3. The first kappa shape index (κ1) is 20.9. The highest BCUT2D eigenvalue weighted by atomic mass is 19.4. The smallest absolute Gasteiger partial charge is 0.382 e. The fraction of sp³-hybridized carbons (Fsp3) is 0.923. The van der Waals surface area contributed by atoms with Crippen molar-refractivity contribution in [3.8, 4) is 0 Å². The van der Waals surface area contributed by atoms with Crippen LogP contribution in [0.15, 0.2) is 4.99 Å². The molecule has 0 aliphatic heterocycles. The highest BCUT2D eigenvalue weighted by Crippen LogP contribution is 2.14. The molecular weight excluding hydrogens is 303 g/mol. The Balaban J connectivity index is 3.44. The molecular formula is C13H26F3N3O3. The zero-order chi connectivity index (χ0) is 16.7. The molecule has 0 saturated carbocycles. The Morgan fingerprint density at radius 1 is 0.955 bits per heavy atom. The summed E-state index contributed by atoms with van der Waals surface area (Å²) < 4.78 is 50.2. The molecule has 0 rings (SSSR count). The van der Waals surface area contributed by atoms with Crippen molar-refractivity contribution in [3.63, 3.8) is 0 Å². The quantitative estimate of drug-likeness (QED) is 0.320. The molecule has 0 aliphatic rings. The van der Waals surface area contributed by atoms with E-state index in [4.69, 9.17) is 9.47 Å². The van der Waals surface area contributed by atoms with Gasteiger partial charge in [-0.3, -0.25) is 4.99 Å². The number of hydrogen-bond acceptors (Lipinski definition) is 4. The molecule has 0 aromatic rings. The SMILES string of the molecule is CN=C(NCCCOCCOC)NCCCOCC(F)(F)F. The Kier molecular flexibility index (Phi) is 12.9. The van der Waals surface area contributed by atoms with Gasteiger partial charge in [0.1, 0.15) is 6.61 Å². The summed E-state index contributed by atoms with van der Waals surface area (Å²) in [6.07, 6.45) is -2.98. The second-order valence-electron chi connectivity index (χ2n) is 4.41. The third kappa shape index (κ3) is 15.3. The van der Waals surface area contributed by atoms with E-state index in [1.54, 1.807) is 14.2 Å². The topological polar surface area (TPSA) is 64.1 Å². The van der Waals surface area contributed by atoms with Crippen LogP contribution < -0.4 is 10.6 Å². The van der Waals surface area contributed by atoms with Crippen molar-refractivity contribution < 1.29 is 27.4 Å². The number of alkyl halides is 3. The van der Waals surface area contributed by atoms with Crippen LogP contribution in [-0.4, -0.2) is 72.4 Å². The summed E-state index contributed by atoms with van der Waals surface area (Å²) >= 11 is 0. The summed E-state index contributed by atoms with van der Waals surface area (Å²) in [7, 11) is 3.25. The number of hydrogen-bond donors (Lipinski definition) is 2. The number of nitrogens with zero attached hydrogens (tertiary/aromatic N) is 1. The molecule has 0 heterocycles. The van der Waals surface area contributed by atoms with Crippen LogP contribution in [-0.2, 0) is 14.2 Å². The van der Waals surface area contributed by atoms with Crippen molar-refractivity contribution in [2.75, 3.05) is 60.3 Å². The molecule has 6 nitrogen and oxygen atoms in total. The average molecular weight is 329 g/mol. The predicted molar refractivity (Wildman–Crippen MR) is 78.2 cm³/mol. The molecule has 22 heavy (non-hydrogen) atoms. The van der Waals surface area contributed by atoms with Crippen molar-refractivity contribution in [3.05, 3.63) is 0 Å². The standard InChI is InChI=1S/C13H26F3N3O3/c1-17-12(18-5-3-7-21-10-9-20-2)19-6-4-8-22-11-13(14,15)16/h3-11H2,1-2H3,(H2,17,18,19). The average Bonchev–Trinajstić information content (AvgIpc) is 2.46. The van der Waals surface area contributed by atoms with E-state index in [-0.39, 0.29) is 6.61 Å². The summed E-state index contributed by atoms with van der Waals surface area (Å²) in [5.41, 5.74) is 0. The number of rotatable bonds is 12. The van der Waals surface area contributed by atoms with Gasteiger partial charge in [0, 0.05) is 40.5 Å². The lowest BCUT2D eigenvalue weighted by Crippen LogP contribution is -2.38. The molecule has 0 fully saturated rings. The molecule has 0 aromatic carbocycles. The third-order valence-corrected chi connectivity index (χ3v) is 2.44. The van der Waals surface area contributed by atoms with Crippen molar-refractivity contribution in [2.45, 2.75) is 19.0 Å². The van der Waals surface area contributed by atoms with Gasteiger partial charge < -0.3 is 24.8 Å². The van der Waals surface area contributed by atoms with E-state index < -0.39 is 12.8 Å². The minimum Gasteiger partial charge on any atom is -0.382 e. The van der Waals surface area contributed by atoms with E-state index in [0.717, 1.165) is 6.42 Å². The van der Waals surface area contributed by atoms with E-state index in [1.165, 1.54) is 0 Å². The second kappa shape index (κ2) is 13.6. The minimum absolute atomic E-state index is 0.0524. The number of nitrogens with one attached hydrogen (secondary N) is 2. The van der Waals surface area contributed by atoms with E-state index >= 15 is 0 Å².